The maximum atomic E-state index is 12.6. The number of nitrogens with zero attached hydrogens (tertiary/aromatic N) is 2. The van der Waals surface area contributed by atoms with E-state index in [4.69, 9.17) is 10.2 Å². The number of para-hydroxylation sites is 2. The number of primary amides is 1. The lowest BCUT2D eigenvalue weighted by Gasteiger charge is -2.21. The van der Waals surface area contributed by atoms with Gasteiger partial charge in [-0.3, -0.25) is 9.59 Å². The highest BCUT2D eigenvalue weighted by Crippen LogP contribution is 2.23. The average Bonchev–Trinajstić information content (AvgIpc) is 3.19. The normalized spacial score (nSPS) is 12.2. The first kappa shape index (κ1) is 20.3. The van der Waals surface area contributed by atoms with Gasteiger partial charge in [0.1, 0.15) is 17.4 Å². The summed E-state index contributed by atoms with van der Waals surface area (Å²) in [6, 6.07) is 16.0. The largest absolute Gasteiger partial charge is 0.451 e. The number of anilines is 1. The van der Waals surface area contributed by atoms with Crippen LogP contribution in [0, 0.1) is 5.92 Å². The number of carbonyl (C=O) groups is 2. The molecule has 31 heavy (non-hydrogen) atoms. The van der Waals surface area contributed by atoms with Gasteiger partial charge in [-0.25, -0.2) is 9.97 Å². The molecule has 0 unspecified atom stereocenters. The molecule has 8 nitrogen and oxygen atoms in total. The summed E-state index contributed by atoms with van der Waals surface area (Å²) in [5.74, 6) is 0.266. The summed E-state index contributed by atoms with van der Waals surface area (Å²) in [6.45, 7) is 3.90. The molecule has 158 valence electrons. The monoisotopic (exact) mass is 417 g/mol. The Kier molecular flexibility index (Phi) is 5.53. The van der Waals surface area contributed by atoms with Gasteiger partial charge in [0, 0.05) is 10.8 Å². The van der Waals surface area contributed by atoms with Crippen LogP contribution in [0.3, 0.4) is 0 Å². The van der Waals surface area contributed by atoms with Gasteiger partial charge in [0.15, 0.2) is 11.6 Å². The maximum Gasteiger partial charge on any atom is 0.287 e. The number of rotatable bonds is 7. The third kappa shape index (κ3) is 4.32. The van der Waals surface area contributed by atoms with Crippen LogP contribution in [0.2, 0.25) is 0 Å². The Hall–Kier alpha value is -3.94. The van der Waals surface area contributed by atoms with Crippen molar-refractivity contribution in [3.8, 4) is 0 Å². The number of hydrogen-bond donors (Lipinski definition) is 3. The molecule has 2 aromatic carbocycles. The Morgan fingerprint density at radius 1 is 1.06 bits per heavy atom. The van der Waals surface area contributed by atoms with Gasteiger partial charge in [0.25, 0.3) is 5.91 Å². The maximum absolute atomic E-state index is 12.6. The number of amides is 2. The zero-order chi connectivity index (χ0) is 22.0. The number of furan rings is 1. The molecule has 1 atom stereocenters. The molecule has 0 bridgehead atoms. The number of fused-ring (bicyclic) bond motifs is 2. The van der Waals surface area contributed by atoms with E-state index < -0.39 is 11.9 Å². The fraction of sp³-hybridized carbons (Fsp3) is 0.217. The predicted molar refractivity (Wildman–Crippen MR) is 118 cm³/mol. The summed E-state index contributed by atoms with van der Waals surface area (Å²) in [6.07, 6.45) is 0. The first-order valence-corrected chi connectivity index (χ1v) is 10.0. The highest BCUT2D eigenvalue weighted by Gasteiger charge is 2.21. The highest BCUT2D eigenvalue weighted by molar-refractivity contribution is 5.96. The lowest BCUT2D eigenvalue weighted by atomic mass is 10.0. The Morgan fingerprint density at radius 3 is 2.55 bits per heavy atom. The van der Waals surface area contributed by atoms with Crippen LogP contribution in [0.5, 0.6) is 0 Å². The Morgan fingerprint density at radius 2 is 1.81 bits per heavy atom. The predicted octanol–water partition coefficient (Wildman–Crippen LogP) is 3.23. The van der Waals surface area contributed by atoms with Crippen LogP contribution in [0.15, 0.2) is 59.0 Å². The van der Waals surface area contributed by atoms with Gasteiger partial charge in [-0.05, 0) is 30.2 Å². The smallest absolute Gasteiger partial charge is 0.287 e. The van der Waals surface area contributed by atoms with E-state index in [2.05, 4.69) is 20.6 Å². The zero-order valence-corrected chi connectivity index (χ0v) is 17.3. The van der Waals surface area contributed by atoms with Crippen molar-refractivity contribution in [1.29, 1.82) is 0 Å². The van der Waals surface area contributed by atoms with Crippen LogP contribution >= 0.6 is 0 Å². The van der Waals surface area contributed by atoms with E-state index in [1.807, 2.05) is 56.3 Å². The van der Waals surface area contributed by atoms with Crippen LogP contribution in [0.4, 0.5) is 5.82 Å². The fourth-order valence-electron chi connectivity index (χ4n) is 3.37. The van der Waals surface area contributed by atoms with Crippen LogP contribution in [0.25, 0.3) is 21.9 Å². The molecule has 0 radical (unpaired) electrons. The van der Waals surface area contributed by atoms with Gasteiger partial charge in [-0.15, -0.1) is 0 Å². The molecular weight excluding hydrogens is 394 g/mol. The summed E-state index contributed by atoms with van der Waals surface area (Å²) >= 11 is 0. The number of nitrogens with two attached hydrogens (primary N) is 1. The molecule has 0 fully saturated rings. The van der Waals surface area contributed by atoms with Crippen LogP contribution in [0.1, 0.15) is 30.2 Å². The number of nitrogens with one attached hydrogen (secondary N) is 2. The second-order valence-corrected chi connectivity index (χ2v) is 7.61. The van der Waals surface area contributed by atoms with Crippen molar-refractivity contribution in [2.24, 2.45) is 11.7 Å². The minimum absolute atomic E-state index is 0.0255. The molecular formula is C23H23N5O3. The molecule has 2 aromatic heterocycles. The Labute approximate surface area is 178 Å². The molecule has 0 saturated heterocycles. The lowest BCUT2D eigenvalue weighted by Crippen LogP contribution is -2.40. The van der Waals surface area contributed by atoms with E-state index in [9.17, 15) is 9.59 Å². The quantitative estimate of drug-likeness (QED) is 0.424. The van der Waals surface area contributed by atoms with Crippen molar-refractivity contribution in [2.75, 3.05) is 5.32 Å². The van der Waals surface area contributed by atoms with Crippen molar-refractivity contribution in [3.63, 3.8) is 0 Å². The van der Waals surface area contributed by atoms with E-state index in [1.165, 1.54) is 0 Å². The number of aromatic nitrogens is 2. The van der Waals surface area contributed by atoms with Gasteiger partial charge in [-0.1, -0.05) is 44.2 Å². The molecule has 4 aromatic rings. The molecule has 0 spiro atoms. The standard InChI is InChI=1S/C23H23N5O3/c1-13(2)20(21(24)29)28-22-15-8-4-5-9-16(15)26-19(27-22)12-25-23(30)18-11-14-7-3-6-10-17(14)31-18/h3-11,13,20H,12H2,1-2H3,(H2,24,29)(H,25,30)(H,26,27,28)/t20-/m0/s1. The van der Waals surface area contributed by atoms with Crippen LogP contribution in [-0.4, -0.2) is 27.8 Å². The SMILES string of the molecule is CC(C)[C@H](Nc1nc(CNC(=O)c2cc3ccccc3o2)nc2ccccc12)C(N)=O. The van der Waals surface area contributed by atoms with E-state index in [0.29, 0.717) is 22.7 Å². The molecule has 2 heterocycles. The lowest BCUT2D eigenvalue weighted by molar-refractivity contribution is -0.119. The van der Waals surface area contributed by atoms with Crippen LogP contribution < -0.4 is 16.4 Å². The van der Waals surface area contributed by atoms with E-state index in [-0.39, 0.29) is 24.1 Å². The second-order valence-electron chi connectivity index (χ2n) is 7.61. The highest BCUT2D eigenvalue weighted by atomic mass is 16.3. The first-order valence-electron chi connectivity index (χ1n) is 10.0. The minimum atomic E-state index is -0.587. The third-order valence-corrected chi connectivity index (χ3v) is 4.97. The number of benzene rings is 2. The molecule has 0 aliphatic rings. The topological polar surface area (TPSA) is 123 Å². The molecule has 2 amide bonds. The number of hydrogen-bond acceptors (Lipinski definition) is 6. The molecule has 8 heteroatoms. The van der Waals surface area contributed by atoms with Crippen LogP contribution in [-0.2, 0) is 11.3 Å². The molecule has 0 aliphatic heterocycles. The fourth-order valence-corrected chi connectivity index (χ4v) is 3.37. The van der Waals surface area contributed by atoms with E-state index >= 15 is 0 Å². The summed E-state index contributed by atoms with van der Waals surface area (Å²) in [5.41, 5.74) is 6.89. The van der Waals surface area contributed by atoms with Gasteiger partial charge in [0.2, 0.25) is 5.91 Å². The second kappa shape index (κ2) is 8.43. The molecule has 4 N–H and O–H groups in total. The van der Waals surface area contributed by atoms with Crippen molar-refractivity contribution < 1.29 is 14.0 Å². The van der Waals surface area contributed by atoms with Crippen molar-refractivity contribution in [3.05, 3.63) is 66.2 Å². The molecule has 0 saturated carbocycles. The van der Waals surface area contributed by atoms with Crippen molar-refractivity contribution in [2.45, 2.75) is 26.4 Å². The summed E-state index contributed by atoms with van der Waals surface area (Å²) in [4.78, 5) is 33.5. The van der Waals surface area contributed by atoms with Gasteiger partial charge >= 0.3 is 0 Å². The summed E-state index contributed by atoms with van der Waals surface area (Å²) in [5, 5.41) is 7.55. The van der Waals surface area contributed by atoms with Gasteiger partial charge < -0.3 is 20.8 Å². The van der Waals surface area contributed by atoms with Gasteiger partial charge in [-0.2, -0.15) is 0 Å². The number of carbonyl (C=O) groups excluding carboxylic acids is 2. The third-order valence-electron chi connectivity index (χ3n) is 4.97. The van der Waals surface area contributed by atoms with Gasteiger partial charge in [0.05, 0.1) is 12.1 Å². The van der Waals surface area contributed by atoms with Crippen molar-refractivity contribution in [1.82, 2.24) is 15.3 Å². The first-order chi connectivity index (χ1) is 14.9. The van der Waals surface area contributed by atoms with Crippen molar-refractivity contribution >= 4 is 39.5 Å². The molecule has 4 rings (SSSR count). The summed E-state index contributed by atoms with van der Waals surface area (Å²) < 4.78 is 5.60. The molecule has 0 aliphatic carbocycles. The van der Waals surface area contributed by atoms with E-state index in [0.717, 1.165) is 10.8 Å². The average molecular weight is 417 g/mol. The minimum Gasteiger partial charge on any atom is -0.451 e. The Bertz CT molecular complexity index is 1230. The summed E-state index contributed by atoms with van der Waals surface area (Å²) in [7, 11) is 0. The van der Waals surface area contributed by atoms with E-state index in [1.54, 1.807) is 12.1 Å². The Balaban J connectivity index is 1.58. The zero-order valence-electron chi connectivity index (χ0n) is 17.3.